The van der Waals surface area contributed by atoms with Gasteiger partial charge in [0.05, 0.1) is 17.8 Å². The maximum absolute atomic E-state index is 11.2. The number of hydrogen-bond donors (Lipinski definition) is 1. The highest BCUT2D eigenvalue weighted by Gasteiger charge is 2.14. The van der Waals surface area contributed by atoms with E-state index in [1.54, 1.807) is 0 Å². The van der Waals surface area contributed by atoms with Gasteiger partial charge < -0.3 is 10.1 Å². The Hall–Kier alpha value is -1.84. The van der Waals surface area contributed by atoms with Crippen molar-refractivity contribution in [3.8, 4) is 0 Å². The Morgan fingerprint density at radius 1 is 1.37 bits per heavy atom. The van der Waals surface area contributed by atoms with E-state index in [4.69, 9.17) is 5.73 Å². The summed E-state index contributed by atoms with van der Waals surface area (Å²) in [6.07, 6.45) is 3.28. The average Bonchev–Trinajstić information content (AvgIpc) is 2.53. The normalized spacial score (nSPS) is 12.0. The molecule has 0 spiro atoms. The zero-order valence-electron chi connectivity index (χ0n) is 12.0. The number of amides is 1. The standard InChI is InChI=1S/C15H21N3O/c1-10-12(7-13(16)19)18-9-11(8-15(2,3)4)5-6-14(18)17-10/h5-6,9H,7-8H2,1-4H3,(H2,16,19). The van der Waals surface area contributed by atoms with Crippen LogP contribution < -0.4 is 5.73 Å². The van der Waals surface area contributed by atoms with Crippen molar-refractivity contribution in [3.63, 3.8) is 0 Å². The Bertz CT molecular complexity index is 620. The van der Waals surface area contributed by atoms with Crippen molar-refractivity contribution >= 4 is 11.6 Å². The second kappa shape index (κ2) is 4.68. The summed E-state index contributed by atoms with van der Waals surface area (Å²) in [7, 11) is 0. The van der Waals surface area contributed by atoms with Crippen LogP contribution in [0.5, 0.6) is 0 Å². The predicted molar refractivity (Wildman–Crippen MR) is 76.0 cm³/mol. The molecule has 19 heavy (non-hydrogen) atoms. The first kappa shape index (κ1) is 13.6. The van der Waals surface area contributed by atoms with E-state index in [1.807, 2.05) is 17.4 Å². The number of imidazole rings is 1. The molecule has 0 fully saturated rings. The van der Waals surface area contributed by atoms with Crippen molar-refractivity contribution in [2.24, 2.45) is 11.1 Å². The number of hydrogen-bond acceptors (Lipinski definition) is 2. The minimum absolute atomic E-state index is 0.228. The molecule has 2 aromatic heterocycles. The second-order valence-electron chi connectivity index (χ2n) is 6.29. The molecule has 1 amide bonds. The molecule has 4 heteroatoms. The summed E-state index contributed by atoms with van der Waals surface area (Å²) in [6.45, 7) is 8.54. The molecule has 0 aliphatic rings. The van der Waals surface area contributed by atoms with Gasteiger partial charge in [0.15, 0.2) is 0 Å². The van der Waals surface area contributed by atoms with Gasteiger partial charge in [-0.15, -0.1) is 0 Å². The number of primary amides is 1. The molecule has 2 heterocycles. The third-order valence-electron chi connectivity index (χ3n) is 3.06. The number of carbonyl (C=O) groups excluding carboxylic acids is 1. The number of nitrogens with zero attached hydrogens (tertiary/aromatic N) is 2. The molecule has 0 radical (unpaired) electrons. The van der Waals surface area contributed by atoms with Crippen molar-refractivity contribution in [3.05, 3.63) is 35.3 Å². The highest BCUT2D eigenvalue weighted by Crippen LogP contribution is 2.22. The first-order valence-electron chi connectivity index (χ1n) is 6.51. The fraction of sp³-hybridized carbons (Fsp3) is 0.467. The molecule has 102 valence electrons. The molecule has 0 aliphatic heterocycles. The van der Waals surface area contributed by atoms with Crippen molar-refractivity contribution in [1.29, 1.82) is 0 Å². The van der Waals surface area contributed by atoms with Gasteiger partial charge in [0.2, 0.25) is 5.91 Å². The largest absolute Gasteiger partial charge is 0.369 e. The topological polar surface area (TPSA) is 60.4 Å². The molecular formula is C15H21N3O. The predicted octanol–water partition coefficient (Wildman–Crippen LogP) is 2.26. The lowest BCUT2D eigenvalue weighted by atomic mass is 9.89. The van der Waals surface area contributed by atoms with Gasteiger partial charge in [-0.25, -0.2) is 4.98 Å². The quantitative estimate of drug-likeness (QED) is 0.919. The van der Waals surface area contributed by atoms with Crippen LogP contribution in [0.2, 0.25) is 0 Å². The van der Waals surface area contributed by atoms with Gasteiger partial charge in [-0.2, -0.15) is 0 Å². The molecule has 0 saturated carbocycles. The Kier molecular flexibility index (Phi) is 3.35. The van der Waals surface area contributed by atoms with Crippen LogP contribution in [0.25, 0.3) is 5.65 Å². The van der Waals surface area contributed by atoms with E-state index in [-0.39, 0.29) is 17.7 Å². The Balaban J connectivity index is 2.48. The fourth-order valence-corrected chi connectivity index (χ4v) is 2.35. The zero-order valence-corrected chi connectivity index (χ0v) is 12.0. The van der Waals surface area contributed by atoms with E-state index in [2.05, 4.69) is 38.0 Å². The minimum atomic E-state index is -0.328. The van der Waals surface area contributed by atoms with Gasteiger partial charge >= 0.3 is 0 Å². The van der Waals surface area contributed by atoms with Crippen LogP contribution in [0, 0.1) is 12.3 Å². The van der Waals surface area contributed by atoms with Crippen LogP contribution in [0.1, 0.15) is 37.7 Å². The van der Waals surface area contributed by atoms with Crippen LogP contribution in [0.15, 0.2) is 18.3 Å². The molecule has 0 aliphatic carbocycles. The molecule has 0 bridgehead atoms. The summed E-state index contributed by atoms with van der Waals surface area (Å²) < 4.78 is 1.99. The summed E-state index contributed by atoms with van der Waals surface area (Å²) in [5.74, 6) is -0.328. The second-order valence-corrected chi connectivity index (χ2v) is 6.29. The summed E-state index contributed by atoms with van der Waals surface area (Å²) in [4.78, 5) is 15.6. The maximum atomic E-state index is 11.2. The number of nitrogens with two attached hydrogens (primary N) is 1. The van der Waals surface area contributed by atoms with Crippen LogP contribution in [0.3, 0.4) is 0 Å². The van der Waals surface area contributed by atoms with Gasteiger partial charge in [-0.1, -0.05) is 26.8 Å². The summed E-state index contributed by atoms with van der Waals surface area (Å²) >= 11 is 0. The van der Waals surface area contributed by atoms with Crippen LogP contribution in [0.4, 0.5) is 0 Å². The molecule has 0 aromatic carbocycles. The number of rotatable bonds is 3. The summed E-state index contributed by atoms with van der Waals surface area (Å²) in [5.41, 5.74) is 9.39. The SMILES string of the molecule is Cc1nc2ccc(CC(C)(C)C)cn2c1CC(N)=O. The van der Waals surface area contributed by atoms with E-state index in [1.165, 1.54) is 5.56 Å². The number of aryl methyl sites for hydroxylation is 1. The molecule has 4 nitrogen and oxygen atoms in total. The van der Waals surface area contributed by atoms with Gasteiger partial charge in [0.1, 0.15) is 5.65 Å². The highest BCUT2D eigenvalue weighted by atomic mass is 16.1. The van der Waals surface area contributed by atoms with Crippen LogP contribution in [-0.2, 0) is 17.6 Å². The lowest BCUT2D eigenvalue weighted by Crippen LogP contribution is -2.16. The van der Waals surface area contributed by atoms with E-state index >= 15 is 0 Å². The Morgan fingerprint density at radius 2 is 2.05 bits per heavy atom. The number of carbonyl (C=O) groups is 1. The van der Waals surface area contributed by atoms with E-state index in [0.717, 1.165) is 23.5 Å². The molecule has 0 unspecified atom stereocenters. The van der Waals surface area contributed by atoms with E-state index in [0.29, 0.717) is 0 Å². The van der Waals surface area contributed by atoms with E-state index < -0.39 is 0 Å². The third kappa shape index (κ3) is 3.13. The first-order chi connectivity index (χ1) is 8.76. The molecule has 0 saturated heterocycles. The minimum Gasteiger partial charge on any atom is -0.369 e. The van der Waals surface area contributed by atoms with Gasteiger partial charge in [0.25, 0.3) is 0 Å². The molecule has 0 atom stereocenters. The molecule has 2 rings (SSSR count). The molecule has 2 aromatic rings. The molecular weight excluding hydrogens is 238 g/mol. The maximum Gasteiger partial charge on any atom is 0.223 e. The van der Waals surface area contributed by atoms with Crippen molar-refractivity contribution < 1.29 is 4.79 Å². The highest BCUT2D eigenvalue weighted by molar-refractivity contribution is 5.76. The average molecular weight is 259 g/mol. The Labute approximate surface area is 113 Å². The van der Waals surface area contributed by atoms with E-state index in [9.17, 15) is 4.79 Å². The monoisotopic (exact) mass is 259 g/mol. The zero-order chi connectivity index (χ0) is 14.2. The number of aromatic nitrogens is 2. The van der Waals surface area contributed by atoms with Crippen LogP contribution in [-0.4, -0.2) is 15.3 Å². The van der Waals surface area contributed by atoms with Crippen LogP contribution >= 0.6 is 0 Å². The van der Waals surface area contributed by atoms with Crippen molar-refractivity contribution in [2.45, 2.75) is 40.5 Å². The summed E-state index contributed by atoms with van der Waals surface area (Å²) in [5, 5.41) is 0. The lowest BCUT2D eigenvalue weighted by molar-refractivity contribution is -0.117. The first-order valence-corrected chi connectivity index (χ1v) is 6.51. The van der Waals surface area contributed by atoms with Crippen molar-refractivity contribution in [2.75, 3.05) is 0 Å². The van der Waals surface area contributed by atoms with Gasteiger partial charge in [-0.05, 0) is 30.4 Å². The molecule has 2 N–H and O–H groups in total. The van der Waals surface area contributed by atoms with Crippen molar-refractivity contribution in [1.82, 2.24) is 9.38 Å². The fourth-order valence-electron chi connectivity index (χ4n) is 2.35. The van der Waals surface area contributed by atoms with Gasteiger partial charge in [0, 0.05) is 6.20 Å². The van der Waals surface area contributed by atoms with Gasteiger partial charge in [-0.3, -0.25) is 4.79 Å². The number of pyridine rings is 1. The smallest absolute Gasteiger partial charge is 0.223 e. The lowest BCUT2D eigenvalue weighted by Gasteiger charge is -2.18. The summed E-state index contributed by atoms with van der Waals surface area (Å²) in [6, 6.07) is 4.10. The third-order valence-corrected chi connectivity index (χ3v) is 3.06. The Morgan fingerprint density at radius 3 is 2.63 bits per heavy atom. The number of fused-ring (bicyclic) bond motifs is 1.